The number of aromatic nitrogens is 4. The van der Waals surface area contributed by atoms with E-state index in [1.54, 1.807) is 19.1 Å². The standard InChI is InChI=1S/C30H40N8O6S/c1-4-31-29(41)26-24(39)25(40)30(44-26)38-18-35-23-27(33-17-34-28(23)38)32-15-7-5-6-8-16-36-45(42,43)22-14-10-11-19-20(22)12-9-13-21(19)37(2)3/h9-14,17-18,24-26,30,36,39-40H,4-8,15-16H2,1-3H3,(H,31,41)(H,32,33,34)/t24?,25-,26-,30+/m0/s1. The van der Waals surface area contributed by atoms with Gasteiger partial charge in [0.15, 0.2) is 29.3 Å². The zero-order valence-corrected chi connectivity index (χ0v) is 26.4. The summed E-state index contributed by atoms with van der Waals surface area (Å²) in [5.41, 5.74) is 1.81. The summed E-state index contributed by atoms with van der Waals surface area (Å²) in [6, 6.07) is 11.0. The van der Waals surface area contributed by atoms with Crippen LogP contribution in [-0.4, -0.2) is 96.1 Å². The molecule has 4 atom stereocenters. The summed E-state index contributed by atoms with van der Waals surface area (Å²) in [5.74, 6) is 0.00113. The molecule has 0 aliphatic carbocycles. The molecule has 1 aliphatic rings. The van der Waals surface area contributed by atoms with Gasteiger partial charge in [-0.25, -0.2) is 28.1 Å². The van der Waals surface area contributed by atoms with E-state index in [2.05, 4.69) is 30.3 Å². The van der Waals surface area contributed by atoms with Gasteiger partial charge < -0.3 is 30.5 Å². The van der Waals surface area contributed by atoms with Gasteiger partial charge in [0.25, 0.3) is 5.91 Å². The van der Waals surface area contributed by atoms with Gasteiger partial charge in [-0.3, -0.25) is 9.36 Å². The first-order valence-electron chi connectivity index (χ1n) is 15.0. The van der Waals surface area contributed by atoms with E-state index in [9.17, 15) is 23.4 Å². The molecule has 45 heavy (non-hydrogen) atoms. The lowest BCUT2D eigenvalue weighted by molar-refractivity contribution is -0.137. The van der Waals surface area contributed by atoms with Crippen LogP contribution in [-0.2, 0) is 19.6 Å². The minimum absolute atomic E-state index is 0.276. The molecular weight excluding hydrogens is 600 g/mol. The number of ether oxygens (including phenoxy) is 1. The number of carbonyl (C=O) groups excluding carboxylic acids is 1. The molecule has 3 heterocycles. The van der Waals surface area contributed by atoms with Crippen molar-refractivity contribution in [2.24, 2.45) is 0 Å². The maximum atomic E-state index is 13.1. The molecule has 5 rings (SSSR count). The molecule has 1 aliphatic heterocycles. The van der Waals surface area contributed by atoms with Crippen molar-refractivity contribution in [3.05, 3.63) is 49.1 Å². The number of likely N-dealkylation sites (N-methyl/N-ethyl adjacent to an activating group) is 1. The van der Waals surface area contributed by atoms with E-state index in [-0.39, 0.29) is 4.90 Å². The Bertz CT molecular complexity index is 1750. The maximum Gasteiger partial charge on any atom is 0.252 e. The third-order valence-electron chi connectivity index (χ3n) is 7.80. The van der Waals surface area contributed by atoms with Gasteiger partial charge in [0.2, 0.25) is 10.0 Å². The van der Waals surface area contributed by atoms with Crippen LogP contribution in [0, 0.1) is 0 Å². The molecule has 1 saturated heterocycles. The topological polar surface area (TPSA) is 184 Å². The summed E-state index contributed by atoms with van der Waals surface area (Å²) in [4.78, 5) is 27.4. The van der Waals surface area contributed by atoms with E-state index in [4.69, 9.17) is 4.74 Å². The number of fused-ring (bicyclic) bond motifs is 2. The first-order valence-corrected chi connectivity index (χ1v) is 16.5. The van der Waals surface area contributed by atoms with E-state index < -0.39 is 40.5 Å². The Labute approximate surface area is 261 Å². The average Bonchev–Trinajstić information content (AvgIpc) is 3.58. The predicted octanol–water partition coefficient (Wildman–Crippen LogP) is 1.75. The molecule has 0 bridgehead atoms. The number of rotatable bonds is 14. The molecule has 4 aromatic rings. The fourth-order valence-corrected chi connectivity index (χ4v) is 6.83. The second-order valence-corrected chi connectivity index (χ2v) is 12.9. The molecule has 2 aromatic heterocycles. The van der Waals surface area contributed by atoms with Crippen molar-refractivity contribution in [1.29, 1.82) is 0 Å². The molecule has 0 saturated carbocycles. The zero-order valence-electron chi connectivity index (χ0n) is 25.5. The molecule has 15 heteroatoms. The SMILES string of the molecule is CCNC(=O)[C@H]1O[C@@H](n2cnc3c(NCCCCCCNS(=O)(=O)c4cccc5c(N(C)C)cccc45)ncnc32)[C@@H](O)C1O. The molecule has 0 spiro atoms. The highest BCUT2D eigenvalue weighted by molar-refractivity contribution is 7.89. The minimum atomic E-state index is -3.67. The number of benzene rings is 2. The van der Waals surface area contributed by atoms with Gasteiger partial charge in [-0.2, -0.15) is 0 Å². The Balaban J connectivity index is 1.10. The van der Waals surface area contributed by atoms with Crippen molar-refractivity contribution in [3.8, 4) is 0 Å². The maximum absolute atomic E-state index is 13.1. The van der Waals surface area contributed by atoms with Crippen LogP contribution in [0.3, 0.4) is 0 Å². The van der Waals surface area contributed by atoms with Crippen molar-refractivity contribution in [3.63, 3.8) is 0 Å². The van der Waals surface area contributed by atoms with Gasteiger partial charge >= 0.3 is 0 Å². The fraction of sp³-hybridized carbons (Fsp3) is 0.467. The van der Waals surface area contributed by atoms with E-state index in [0.717, 1.165) is 30.3 Å². The number of aliphatic hydroxyl groups is 2. The highest BCUT2D eigenvalue weighted by atomic mass is 32.2. The monoisotopic (exact) mass is 640 g/mol. The quantitative estimate of drug-likeness (QED) is 0.127. The molecule has 1 unspecified atom stereocenters. The summed E-state index contributed by atoms with van der Waals surface area (Å²) in [6.45, 7) is 3.07. The normalized spacial score (nSPS) is 20.1. The first kappa shape index (κ1) is 32.5. The number of anilines is 2. The number of nitrogens with zero attached hydrogens (tertiary/aromatic N) is 5. The summed E-state index contributed by atoms with van der Waals surface area (Å²) >= 11 is 0. The summed E-state index contributed by atoms with van der Waals surface area (Å²) < 4.78 is 36.2. The number of carbonyl (C=O) groups is 1. The molecule has 1 amide bonds. The van der Waals surface area contributed by atoms with Crippen LogP contribution in [0.2, 0.25) is 0 Å². The third-order valence-corrected chi connectivity index (χ3v) is 9.32. The second kappa shape index (κ2) is 14.0. The smallest absolute Gasteiger partial charge is 0.252 e. The highest BCUT2D eigenvalue weighted by Crippen LogP contribution is 2.33. The molecule has 242 valence electrons. The van der Waals surface area contributed by atoms with Crippen molar-refractivity contribution in [2.75, 3.05) is 43.9 Å². The van der Waals surface area contributed by atoms with E-state index in [1.165, 1.54) is 17.2 Å². The van der Waals surface area contributed by atoms with Crippen LogP contribution < -0.4 is 20.3 Å². The second-order valence-electron chi connectivity index (χ2n) is 11.1. The lowest BCUT2D eigenvalue weighted by Gasteiger charge is -2.17. The predicted molar refractivity (Wildman–Crippen MR) is 170 cm³/mol. The van der Waals surface area contributed by atoms with Crippen molar-refractivity contribution in [1.82, 2.24) is 29.6 Å². The number of aliphatic hydroxyl groups excluding tert-OH is 2. The van der Waals surface area contributed by atoms with Crippen molar-refractivity contribution >= 4 is 49.4 Å². The number of hydrogen-bond acceptors (Lipinski definition) is 11. The van der Waals surface area contributed by atoms with Gasteiger partial charge in [-0.15, -0.1) is 0 Å². The Kier molecular flexibility index (Phi) is 10.1. The third kappa shape index (κ3) is 6.87. The number of hydrogen-bond donors (Lipinski definition) is 5. The molecule has 5 N–H and O–H groups in total. The average molecular weight is 641 g/mol. The molecule has 2 aromatic carbocycles. The highest BCUT2D eigenvalue weighted by Gasteiger charge is 2.47. The van der Waals surface area contributed by atoms with Crippen LogP contribution in [0.1, 0.15) is 38.8 Å². The zero-order chi connectivity index (χ0) is 32.1. The van der Waals surface area contributed by atoms with Crippen LogP contribution in [0.15, 0.2) is 53.9 Å². The lowest BCUT2D eigenvalue weighted by Crippen LogP contribution is -2.42. The minimum Gasteiger partial charge on any atom is -0.387 e. The number of unbranched alkanes of at least 4 members (excludes halogenated alkanes) is 3. The molecule has 1 fully saturated rings. The number of amides is 1. The van der Waals surface area contributed by atoms with Crippen LogP contribution >= 0.6 is 0 Å². The Hall–Kier alpha value is -3.89. The van der Waals surface area contributed by atoms with Gasteiger partial charge in [-0.05, 0) is 31.9 Å². The Morgan fingerprint density at radius 3 is 2.47 bits per heavy atom. The molecular formula is C30H40N8O6S. The first-order chi connectivity index (χ1) is 21.6. The van der Waals surface area contributed by atoms with E-state index in [0.29, 0.717) is 48.4 Å². The number of imidazole rings is 1. The largest absolute Gasteiger partial charge is 0.387 e. The van der Waals surface area contributed by atoms with Crippen LogP contribution in [0.5, 0.6) is 0 Å². The summed E-state index contributed by atoms with van der Waals surface area (Å²) in [5, 5.41) is 28.4. The van der Waals surface area contributed by atoms with Gasteiger partial charge in [0, 0.05) is 50.2 Å². The Morgan fingerprint density at radius 1 is 0.978 bits per heavy atom. The molecule has 0 radical (unpaired) electrons. The van der Waals surface area contributed by atoms with E-state index >= 15 is 0 Å². The van der Waals surface area contributed by atoms with E-state index in [1.807, 2.05) is 43.3 Å². The van der Waals surface area contributed by atoms with Gasteiger partial charge in [0.05, 0.1) is 11.2 Å². The summed E-state index contributed by atoms with van der Waals surface area (Å²) in [6.07, 6.45) is 1.01. The Morgan fingerprint density at radius 2 is 1.71 bits per heavy atom. The molecule has 14 nitrogen and oxygen atoms in total. The van der Waals surface area contributed by atoms with Gasteiger partial charge in [-0.1, -0.05) is 37.1 Å². The van der Waals surface area contributed by atoms with Crippen LogP contribution in [0.25, 0.3) is 21.9 Å². The van der Waals surface area contributed by atoms with Crippen molar-refractivity contribution < 1.29 is 28.2 Å². The number of nitrogens with one attached hydrogen (secondary N) is 3. The lowest BCUT2D eigenvalue weighted by atomic mass is 10.1. The van der Waals surface area contributed by atoms with Crippen molar-refractivity contribution in [2.45, 2.75) is 62.0 Å². The van der Waals surface area contributed by atoms with Crippen LogP contribution in [0.4, 0.5) is 11.5 Å². The number of sulfonamides is 1. The van der Waals surface area contributed by atoms with Gasteiger partial charge in [0.1, 0.15) is 18.5 Å². The summed E-state index contributed by atoms with van der Waals surface area (Å²) in [7, 11) is 0.200. The fourth-order valence-electron chi connectivity index (χ4n) is 5.53.